The third-order valence-electron chi connectivity index (χ3n) is 2.72. The molecular formula is C14H20F3NS. The third kappa shape index (κ3) is 5.45. The van der Waals surface area contributed by atoms with Crippen molar-refractivity contribution in [3.63, 3.8) is 0 Å². The molecule has 0 aromatic heterocycles. The molecule has 0 aliphatic rings. The van der Waals surface area contributed by atoms with Gasteiger partial charge in [0.2, 0.25) is 0 Å². The Balaban J connectivity index is 2.86. The molecule has 0 amide bonds. The van der Waals surface area contributed by atoms with Crippen LogP contribution in [0, 0.1) is 5.92 Å². The molecular weight excluding hydrogens is 271 g/mol. The molecule has 0 heterocycles. The van der Waals surface area contributed by atoms with E-state index in [9.17, 15) is 13.2 Å². The lowest BCUT2D eigenvalue weighted by molar-refractivity contribution is -0.138. The first-order chi connectivity index (χ1) is 8.84. The summed E-state index contributed by atoms with van der Waals surface area (Å²) in [4.78, 5) is 0.688. The maximum Gasteiger partial charge on any atom is 0.416 e. The van der Waals surface area contributed by atoms with Gasteiger partial charge in [-0.25, -0.2) is 0 Å². The van der Waals surface area contributed by atoms with Gasteiger partial charge in [0.25, 0.3) is 0 Å². The Morgan fingerprint density at radius 3 is 2.47 bits per heavy atom. The largest absolute Gasteiger partial charge is 0.416 e. The van der Waals surface area contributed by atoms with Crippen molar-refractivity contribution in [2.24, 2.45) is 5.92 Å². The average Bonchev–Trinajstić information content (AvgIpc) is 2.29. The van der Waals surface area contributed by atoms with Crippen LogP contribution in [0.5, 0.6) is 0 Å². The van der Waals surface area contributed by atoms with Crippen LogP contribution in [0.2, 0.25) is 0 Å². The van der Waals surface area contributed by atoms with E-state index in [4.69, 9.17) is 0 Å². The standard InChI is InChI=1S/C14H20F3NS/c1-10(2)6-7-19-12-5-4-11(9-18-3)13(8-12)14(15,16)17/h4-5,8,10,18H,6-7,9H2,1-3H3. The van der Waals surface area contributed by atoms with Crippen LogP contribution in [0.25, 0.3) is 0 Å². The second-order valence-corrected chi connectivity index (χ2v) is 6.05. The van der Waals surface area contributed by atoms with Gasteiger partial charge in [-0.05, 0) is 42.8 Å². The lowest BCUT2D eigenvalue weighted by Crippen LogP contribution is -2.14. The van der Waals surface area contributed by atoms with Crippen molar-refractivity contribution < 1.29 is 13.2 Å². The smallest absolute Gasteiger partial charge is 0.316 e. The van der Waals surface area contributed by atoms with E-state index in [0.29, 0.717) is 16.4 Å². The molecule has 108 valence electrons. The van der Waals surface area contributed by atoms with Crippen LogP contribution in [-0.2, 0) is 12.7 Å². The van der Waals surface area contributed by atoms with Crippen molar-refractivity contribution in [2.75, 3.05) is 12.8 Å². The number of alkyl halides is 3. The molecule has 0 atom stereocenters. The van der Waals surface area contributed by atoms with Crippen LogP contribution >= 0.6 is 11.8 Å². The predicted molar refractivity (Wildman–Crippen MR) is 74.4 cm³/mol. The van der Waals surface area contributed by atoms with Gasteiger partial charge in [0, 0.05) is 11.4 Å². The number of hydrogen-bond acceptors (Lipinski definition) is 2. The van der Waals surface area contributed by atoms with Gasteiger partial charge in [-0.3, -0.25) is 0 Å². The zero-order valence-corrected chi connectivity index (χ0v) is 12.3. The van der Waals surface area contributed by atoms with Gasteiger partial charge in [-0.1, -0.05) is 19.9 Å². The van der Waals surface area contributed by atoms with Crippen molar-refractivity contribution >= 4 is 11.8 Å². The van der Waals surface area contributed by atoms with Crippen LogP contribution in [-0.4, -0.2) is 12.8 Å². The van der Waals surface area contributed by atoms with E-state index in [0.717, 1.165) is 12.2 Å². The molecule has 19 heavy (non-hydrogen) atoms. The monoisotopic (exact) mass is 291 g/mol. The van der Waals surface area contributed by atoms with Crippen LogP contribution in [0.1, 0.15) is 31.4 Å². The quantitative estimate of drug-likeness (QED) is 0.771. The van der Waals surface area contributed by atoms with Crippen molar-refractivity contribution in [3.05, 3.63) is 29.3 Å². The van der Waals surface area contributed by atoms with Crippen LogP contribution in [0.3, 0.4) is 0 Å². The van der Waals surface area contributed by atoms with Crippen molar-refractivity contribution in [2.45, 2.75) is 37.9 Å². The first kappa shape index (κ1) is 16.4. The molecule has 1 rings (SSSR count). The second-order valence-electron chi connectivity index (χ2n) is 4.88. The summed E-state index contributed by atoms with van der Waals surface area (Å²) in [6, 6.07) is 4.60. The highest BCUT2D eigenvalue weighted by Gasteiger charge is 2.33. The van der Waals surface area contributed by atoms with Crippen molar-refractivity contribution in [3.8, 4) is 0 Å². The van der Waals surface area contributed by atoms with E-state index in [1.54, 1.807) is 19.2 Å². The normalized spacial score (nSPS) is 12.2. The molecule has 0 radical (unpaired) electrons. The van der Waals surface area contributed by atoms with Crippen LogP contribution in [0.4, 0.5) is 13.2 Å². The summed E-state index contributed by atoms with van der Waals surface area (Å²) < 4.78 is 38.9. The SMILES string of the molecule is CNCc1ccc(SCCC(C)C)cc1C(F)(F)F. The summed E-state index contributed by atoms with van der Waals surface area (Å²) in [6.45, 7) is 4.45. The highest BCUT2D eigenvalue weighted by atomic mass is 32.2. The van der Waals surface area contributed by atoms with E-state index in [1.165, 1.54) is 17.8 Å². The predicted octanol–water partition coefficient (Wildman–Crippen LogP) is 4.56. The second kappa shape index (κ2) is 7.20. The maximum atomic E-state index is 13.0. The highest BCUT2D eigenvalue weighted by molar-refractivity contribution is 7.99. The fourth-order valence-electron chi connectivity index (χ4n) is 1.67. The molecule has 0 saturated heterocycles. The van der Waals surface area contributed by atoms with Gasteiger partial charge < -0.3 is 5.32 Å². The number of rotatable bonds is 6. The van der Waals surface area contributed by atoms with Crippen LogP contribution < -0.4 is 5.32 Å². The molecule has 0 unspecified atom stereocenters. The first-order valence-corrected chi connectivity index (χ1v) is 7.30. The number of hydrogen-bond donors (Lipinski definition) is 1. The summed E-state index contributed by atoms with van der Waals surface area (Å²) >= 11 is 1.49. The Labute approximate surface area is 117 Å². The number of benzene rings is 1. The maximum absolute atomic E-state index is 13.0. The average molecular weight is 291 g/mol. The van der Waals surface area contributed by atoms with E-state index in [-0.39, 0.29) is 6.54 Å². The lowest BCUT2D eigenvalue weighted by Gasteiger charge is -2.14. The fraction of sp³-hybridized carbons (Fsp3) is 0.571. The van der Waals surface area contributed by atoms with Crippen molar-refractivity contribution in [1.82, 2.24) is 5.32 Å². The summed E-state index contributed by atoms with van der Waals surface area (Å²) in [7, 11) is 1.64. The molecule has 1 aromatic rings. The first-order valence-electron chi connectivity index (χ1n) is 6.32. The van der Waals surface area contributed by atoms with Crippen molar-refractivity contribution in [1.29, 1.82) is 0 Å². The van der Waals surface area contributed by atoms with Gasteiger partial charge >= 0.3 is 6.18 Å². The lowest BCUT2D eigenvalue weighted by atomic mass is 10.1. The minimum atomic E-state index is -4.29. The number of nitrogens with one attached hydrogen (secondary N) is 1. The van der Waals surface area contributed by atoms with Gasteiger partial charge in [0.15, 0.2) is 0 Å². The zero-order chi connectivity index (χ0) is 14.5. The Bertz CT molecular complexity index is 402. The summed E-state index contributed by atoms with van der Waals surface area (Å²) in [6.07, 6.45) is -3.29. The van der Waals surface area contributed by atoms with Gasteiger partial charge in [-0.15, -0.1) is 11.8 Å². The third-order valence-corrected chi connectivity index (χ3v) is 3.74. The Morgan fingerprint density at radius 2 is 1.95 bits per heavy atom. The molecule has 5 heteroatoms. The molecule has 0 aliphatic heterocycles. The van der Waals surface area contributed by atoms with E-state index in [1.807, 2.05) is 0 Å². The zero-order valence-electron chi connectivity index (χ0n) is 11.5. The summed E-state index contributed by atoms with van der Waals surface area (Å²) in [5.74, 6) is 1.42. The molecule has 1 N–H and O–H groups in total. The number of halogens is 3. The van der Waals surface area contributed by atoms with Gasteiger partial charge in [-0.2, -0.15) is 13.2 Å². The minimum absolute atomic E-state index is 0.228. The van der Waals surface area contributed by atoms with Crippen LogP contribution in [0.15, 0.2) is 23.1 Å². The summed E-state index contributed by atoms with van der Waals surface area (Å²) in [5.41, 5.74) is -0.236. The molecule has 0 spiro atoms. The van der Waals surface area contributed by atoms with E-state index < -0.39 is 11.7 Å². The highest BCUT2D eigenvalue weighted by Crippen LogP contribution is 2.35. The number of thioether (sulfide) groups is 1. The van der Waals surface area contributed by atoms with E-state index >= 15 is 0 Å². The van der Waals surface area contributed by atoms with Gasteiger partial charge in [0.1, 0.15) is 0 Å². The fourth-order valence-corrected chi connectivity index (χ4v) is 2.86. The Morgan fingerprint density at radius 1 is 1.26 bits per heavy atom. The topological polar surface area (TPSA) is 12.0 Å². The molecule has 0 bridgehead atoms. The van der Waals surface area contributed by atoms with E-state index in [2.05, 4.69) is 19.2 Å². The Hall–Kier alpha value is -0.680. The molecule has 0 saturated carbocycles. The molecule has 1 aromatic carbocycles. The summed E-state index contributed by atoms with van der Waals surface area (Å²) in [5, 5.41) is 2.77. The molecule has 0 fully saturated rings. The Kier molecular flexibility index (Phi) is 6.20. The minimum Gasteiger partial charge on any atom is -0.316 e. The molecule has 1 nitrogen and oxygen atoms in total. The van der Waals surface area contributed by atoms with Gasteiger partial charge in [0.05, 0.1) is 5.56 Å². The molecule has 0 aliphatic carbocycles.